The van der Waals surface area contributed by atoms with E-state index in [4.69, 9.17) is 9.47 Å². The highest BCUT2D eigenvalue weighted by Gasteiger charge is 2.38. The number of hydrogen-bond donors (Lipinski definition) is 1. The summed E-state index contributed by atoms with van der Waals surface area (Å²) in [5, 5.41) is 1.96. The Balaban J connectivity index is 2.13. The van der Waals surface area contributed by atoms with Crippen molar-refractivity contribution in [1.82, 2.24) is 4.90 Å². The van der Waals surface area contributed by atoms with Crippen LogP contribution in [0.2, 0.25) is 0 Å². The molecule has 1 aromatic rings. The summed E-state index contributed by atoms with van der Waals surface area (Å²) in [4.78, 5) is 37.6. The molecule has 1 heterocycles. The molecule has 0 radical (unpaired) electrons. The standard InChI is InChI=1S/C16H20N2O5S/c1-9-15(20)18(16(21)10(2)24-9)8-14(19)17-12-7-11(22-3)5-6-13(12)23-4/h5-7,9-10H,8H2,1-4H3,(H,17,19). The highest BCUT2D eigenvalue weighted by molar-refractivity contribution is 8.02. The molecule has 7 nitrogen and oxygen atoms in total. The first-order valence-electron chi connectivity index (χ1n) is 7.40. The minimum atomic E-state index is -0.477. The fourth-order valence-electron chi connectivity index (χ4n) is 2.37. The summed E-state index contributed by atoms with van der Waals surface area (Å²) in [5.74, 6) is -0.172. The van der Waals surface area contributed by atoms with Gasteiger partial charge in [0, 0.05) is 6.07 Å². The Morgan fingerprint density at radius 3 is 2.33 bits per heavy atom. The number of methoxy groups -OCH3 is 2. The Morgan fingerprint density at radius 2 is 1.79 bits per heavy atom. The number of amides is 3. The maximum atomic E-state index is 12.3. The molecule has 0 aromatic heterocycles. The third-order valence-electron chi connectivity index (χ3n) is 3.62. The number of anilines is 1. The van der Waals surface area contributed by atoms with Crippen molar-refractivity contribution in [2.45, 2.75) is 24.3 Å². The number of rotatable bonds is 5. The molecule has 2 rings (SSSR count). The van der Waals surface area contributed by atoms with Gasteiger partial charge in [0.25, 0.3) is 0 Å². The van der Waals surface area contributed by atoms with Gasteiger partial charge in [-0.1, -0.05) is 0 Å². The number of carbonyl (C=O) groups excluding carboxylic acids is 3. The number of thioether (sulfide) groups is 1. The van der Waals surface area contributed by atoms with E-state index in [1.54, 1.807) is 32.0 Å². The van der Waals surface area contributed by atoms with Crippen LogP contribution < -0.4 is 14.8 Å². The van der Waals surface area contributed by atoms with E-state index >= 15 is 0 Å². The third kappa shape index (κ3) is 3.81. The number of imide groups is 1. The molecule has 1 aliphatic rings. The maximum Gasteiger partial charge on any atom is 0.244 e. The predicted molar refractivity (Wildman–Crippen MR) is 91.4 cm³/mol. The van der Waals surface area contributed by atoms with Crippen molar-refractivity contribution in [2.75, 3.05) is 26.1 Å². The van der Waals surface area contributed by atoms with Gasteiger partial charge in [0.1, 0.15) is 18.0 Å². The second-order valence-corrected chi connectivity index (χ2v) is 6.98. The zero-order valence-corrected chi connectivity index (χ0v) is 14.8. The molecule has 1 N–H and O–H groups in total. The Morgan fingerprint density at radius 1 is 1.17 bits per heavy atom. The van der Waals surface area contributed by atoms with Gasteiger partial charge in [-0.15, -0.1) is 11.8 Å². The van der Waals surface area contributed by atoms with Crippen LogP contribution in [0.3, 0.4) is 0 Å². The Bertz CT molecular complexity index is 644. The molecular weight excluding hydrogens is 332 g/mol. The molecule has 0 saturated carbocycles. The number of nitrogens with one attached hydrogen (secondary N) is 1. The molecule has 1 fully saturated rings. The fraction of sp³-hybridized carbons (Fsp3) is 0.438. The first-order valence-corrected chi connectivity index (χ1v) is 8.34. The van der Waals surface area contributed by atoms with E-state index in [1.807, 2.05) is 0 Å². The van der Waals surface area contributed by atoms with E-state index < -0.39 is 5.91 Å². The van der Waals surface area contributed by atoms with Gasteiger partial charge < -0.3 is 14.8 Å². The molecule has 3 amide bonds. The zero-order valence-electron chi connectivity index (χ0n) is 14.0. The lowest BCUT2D eigenvalue weighted by molar-refractivity contribution is -0.147. The van der Waals surface area contributed by atoms with Gasteiger partial charge in [-0.05, 0) is 26.0 Å². The molecule has 2 unspecified atom stereocenters. The summed E-state index contributed by atoms with van der Waals surface area (Å²) in [6.07, 6.45) is 0. The normalized spacial score (nSPS) is 20.8. The van der Waals surface area contributed by atoms with Crippen LogP contribution in [-0.4, -0.2) is 53.9 Å². The van der Waals surface area contributed by atoms with E-state index in [0.717, 1.165) is 4.90 Å². The van der Waals surface area contributed by atoms with E-state index in [1.165, 1.54) is 26.0 Å². The van der Waals surface area contributed by atoms with Crippen molar-refractivity contribution in [3.8, 4) is 11.5 Å². The number of benzene rings is 1. The van der Waals surface area contributed by atoms with E-state index in [2.05, 4.69) is 5.32 Å². The SMILES string of the molecule is COc1ccc(OC)c(NC(=O)CN2C(=O)C(C)SC(C)C2=O)c1. The summed E-state index contributed by atoms with van der Waals surface area (Å²) in [5.41, 5.74) is 0.411. The second-order valence-electron chi connectivity index (χ2n) is 5.30. The summed E-state index contributed by atoms with van der Waals surface area (Å²) >= 11 is 1.29. The Hall–Kier alpha value is -2.22. The van der Waals surface area contributed by atoms with Gasteiger partial charge in [0.05, 0.1) is 30.4 Å². The van der Waals surface area contributed by atoms with Crippen LogP contribution >= 0.6 is 11.8 Å². The number of ether oxygens (including phenoxy) is 2. The number of nitrogens with zero attached hydrogens (tertiary/aromatic N) is 1. The first-order chi connectivity index (χ1) is 11.4. The topological polar surface area (TPSA) is 84.9 Å². The van der Waals surface area contributed by atoms with Crippen molar-refractivity contribution >= 4 is 35.2 Å². The number of carbonyl (C=O) groups is 3. The van der Waals surface area contributed by atoms with Gasteiger partial charge >= 0.3 is 0 Å². The van der Waals surface area contributed by atoms with Crippen LogP contribution in [0.5, 0.6) is 11.5 Å². The largest absolute Gasteiger partial charge is 0.497 e. The van der Waals surface area contributed by atoms with Crippen LogP contribution in [0, 0.1) is 0 Å². The van der Waals surface area contributed by atoms with Crippen LogP contribution in [-0.2, 0) is 14.4 Å². The summed E-state index contributed by atoms with van der Waals surface area (Å²) in [7, 11) is 2.99. The van der Waals surface area contributed by atoms with Gasteiger partial charge in [-0.3, -0.25) is 19.3 Å². The molecule has 1 saturated heterocycles. The molecular formula is C16H20N2O5S. The van der Waals surface area contributed by atoms with Crippen LogP contribution in [0.4, 0.5) is 5.69 Å². The monoisotopic (exact) mass is 352 g/mol. The van der Waals surface area contributed by atoms with Crippen molar-refractivity contribution in [3.05, 3.63) is 18.2 Å². The summed E-state index contributed by atoms with van der Waals surface area (Å²) in [6, 6.07) is 4.97. The summed E-state index contributed by atoms with van der Waals surface area (Å²) in [6.45, 7) is 3.13. The molecule has 8 heteroatoms. The molecule has 1 aliphatic heterocycles. The molecule has 1 aromatic carbocycles. The average molecular weight is 352 g/mol. The Kier molecular flexibility index (Phi) is 5.71. The van der Waals surface area contributed by atoms with Crippen molar-refractivity contribution in [1.29, 1.82) is 0 Å². The van der Waals surface area contributed by atoms with Crippen LogP contribution in [0.1, 0.15) is 13.8 Å². The molecule has 2 atom stereocenters. The van der Waals surface area contributed by atoms with Crippen LogP contribution in [0.25, 0.3) is 0 Å². The highest BCUT2D eigenvalue weighted by atomic mass is 32.2. The van der Waals surface area contributed by atoms with Crippen molar-refractivity contribution in [3.63, 3.8) is 0 Å². The number of hydrogen-bond acceptors (Lipinski definition) is 6. The van der Waals surface area contributed by atoms with E-state index in [9.17, 15) is 14.4 Å². The lowest BCUT2D eigenvalue weighted by Crippen LogP contribution is -2.52. The van der Waals surface area contributed by atoms with Gasteiger partial charge in [0.15, 0.2) is 0 Å². The van der Waals surface area contributed by atoms with Gasteiger partial charge in [-0.2, -0.15) is 0 Å². The van der Waals surface area contributed by atoms with Crippen molar-refractivity contribution in [2.24, 2.45) is 0 Å². The van der Waals surface area contributed by atoms with E-state index in [-0.39, 0.29) is 28.9 Å². The zero-order chi connectivity index (χ0) is 17.9. The minimum absolute atomic E-state index is 0.326. The average Bonchev–Trinajstić information content (AvgIpc) is 2.56. The first kappa shape index (κ1) is 18.1. The fourth-order valence-corrected chi connectivity index (χ4v) is 3.47. The summed E-state index contributed by atoms with van der Waals surface area (Å²) < 4.78 is 10.3. The molecule has 0 bridgehead atoms. The lowest BCUT2D eigenvalue weighted by Gasteiger charge is -2.31. The van der Waals surface area contributed by atoms with Crippen LogP contribution in [0.15, 0.2) is 18.2 Å². The van der Waals surface area contributed by atoms with Crippen molar-refractivity contribution < 1.29 is 23.9 Å². The lowest BCUT2D eigenvalue weighted by atomic mass is 10.2. The Labute approximate surface area is 144 Å². The molecule has 0 aliphatic carbocycles. The minimum Gasteiger partial charge on any atom is -0.497 e. The highest BCUT2D eigenvalue weighted by Crippen LogP contribution is 2.30. The predicted octanol–water partition coefficient (Wildman–Crippen LogP) is 1.52. The third-order valence-corrected chi connectivity index (χ3v) is 4.84. The second kappa shape index (κ2) is 7.57. The molecule has 130 valence electrons. The quantitative estimate of drug-likeness (QED) is 0.809. The van der Waals surface area contributed by atoms with Gasteiger partial charge in [-0.25, -0.2) is 0 Å². The molecule has 0 spiro atoms. The smallest absolute Gasteiger partial charge is 0.244 e. The van der Waals surface area contributed by atoms with E-state index in [0.29, 0.717) is 17.2 Å². The van der Waals surface area contributed by atoms with Gasteiger partial charge in [0.2, 0.25) is 17.7 Å². The molecule has 24 heavy (non-hydrogen) atoms. The maximum absolute atomic E-state index is 12.3.